The number of rotatable bonds is 4. The van der Waals surface area contributed by atoms with E-state index < -0.39 is 0 Å². The first-order valence-electron chi connectivity index (χ1n) is 6.56. The van der Waals surface area contributed by atoms with E-state index in [2.05, 4.69) is 12.2 Å². The van der Waals surface area contributed by atoms with Crippen molar-refractivity contribution in [3.05, 3.63) is 23.8 Å². The number of hydrogen-bond donors (Lipinski definition) is 3. The monoisotopic (exact) mass is 281 g/mol. The molecule has 104 valence electrons. The number of nitrogens with one attached hydrogen (secondary N) is 1. The van der Waals surface area contributed by atoms with Crippen LogP contribution in [0.4, 0.5) is 0 Å². The lowest BCUT2D eigenvalue weighted by Gasteiger charge is -2.20. The van der Waals surface area contributed by atoms with E-state index in [9.17, 15) is 15.0 Å². The topological polar surface area (TPSA) is 69.6 Å². The molecule has 2 rings (SSSR count). The van der Waals surface area contributed by atoms with E-state index >= 15 is 0 Å². The Morgan fingerprint density at radius 3 is 2.95 bits per heavy atom. The van der Waals surface area contributed by atoms with Gasteiger partial charge in [-0.05, 0) is 36.8 Å². The molecule has 1 saturated carbocycles. The average molecular weight is 281 g/mol. The molecule has 0 aromatic heterocycles. The molecule has 0 bridgehead atoms. The molecular weight excluding hydrogens is 262 g/mol. The number of thioether (sulfide) groups is 1. The van der Waals surface area contributed by atoms with E-state index in [1.807, 2.05) is 11.8 Å². The lowest BCUT2D eigenvalue weighted by Crippen LogP contribution is -2.38. The van der Waals surface area contributed by atoms with Gasteiger partial charge in [0.05, 0.1) is 5.56 Å². The molecule has 1 fully saturated rings. The fraction of sp³-hybridized carbons (Fsp3) is 0.500. The largest absolute Gasteiger partial charge is 0.508 e. The minimum absolute atomic E-state index is 0.0196. The van der Waals surface area contributed by atoms with Crippen molar-refractivity contribution in [2.24, 2.45) is 0 Å². The molecule has 0 aliphatic heterocycles. The molecule has 1 aromatic carbocycles. The fourth-order valence-electron chi connectivity index (χ4n) is 2.46. The fourth-order valence-corrected chi connectivity index (χ4v) is 3.65. The lowest BCUT2D eigenvalue weighted by atomic mass is 10.1. The van der Waals surface area contributed by atoms with Gasteiger partial charge in [-0.3, -0.25) is 4.79 Å². The number of phenols is 2. The van der Waals surface area contributed by atoms with Crippen LogP contribution in [0.1, 0.15) is 36.5 Å². The van der Waals surface area contributed by atoms with Crippen molar-refractivity contribution in [1.29, 1.82) is 0 Å². The Bertz CT molecular complexity index is 464. The first kappa shape index (κ1) is 14.1. The summed E-state index contributed by atoms with van der Waals surface area (Å²) in [4.78, 5) is 12.1. The maximum Gasteiger partial charge on any atom is 0.255 e. The van der Waals surface area contributed by atoms with Gasteiger partial charge in [-0.2, -0.15) is 11.8 Å². The molecule has 1 amide bonds. The quantitative estimate of drug-likeness (QED) is 0.742. The predicted octanol–water partition coefficient (Wildman–Crippen LogP) is 2.50. The first-order chi connectivity index (χ1) is 9.11. The highest BCUT2D eigenvalue weighted by Gasteiger charge is 2.29. The molecule has 0 heterocycles. The van der Waals surface area contributed by atoms with Crippen LogP contribution >= 0.6 is 11.8 Å². The van der Waals surface area contributed by atoms with Gasteiger partial charge in [-0.15, -0.1) is 0 Å². The third-order valence-electron chi connectivity index (χ3n) is 3.37. The number of hydrogen-bond acceptors (Lipinski definition) is 4. The zero-order chi connectivity index (χ0) is 13.8. The van der Waals surface area contributed by atoms with Gasteiger partial charge >= 0.3 is 0 Å². The summed E-state index contributed by atoms with van der Waals surface area (Å²) >= 11 is 1.86. The molecule has 0 spiro atoms. The van der Waals surface area contributed by atoms with Crippen LogP contribution in [0.2, 0.25) is 0 Å². The second kappa shape index (κ2) is 6.19. The van der Waals surface area contributed by atoms with Gasteiger partial charge in [0.2, 0.25) is 0 Å². The summed E-state index contributed by atoms with van der Waals surface area (Å²) in [6.45, 7) is 2.11. The highest BCUT2D eigenvalue weighted by atomic mass is 32.2. The van der Waals surface area contributed by atoms with Crippen molar-refractivity contribution in [3.8, 4) is 11.5 Å². The Morgan fingerprint density at radius 1 is 1.42 bits per heavy atom. The molecule has 0 saturated heterocycles. The average Bonchev–Trinajstić information content (AvgIpc) is 2.80. The van der Waals surface area contributed by atoms with Crippen molar-refractivity contribution in [3.63, 3.8) is 0 Å². The number of benzene rings is 1. The number of amides is 1. The second-order valence-electron chi connectivity index (χ2n) is 4.71. The molecule has 2 unspecified atom stereocenters. The lowest BCUT2D eigenvalue weighted by molar-refractivity contribution is 0.0935. The first-order valence-corrected chi connectivity index (χ1v) is 7.61. The summed E-state index contributed by atoms with van der Waals surface area (Å²) in [6, 6.07) is 4.13. The van der Waals surface area contributed by atoms with Gasteiger partial charge in [0.25, 0.3) is 5.91 Å². The van der Waals surface area contributed by atoms with Crippen molar-refractivity contribution in [1.82, 2.24) is 5.32 Å². The Morgan fingerprint density at radius 2 is 2.21 bits per heavy atom. The van der Waals surface area contributed by atoms with Crippen molar-refractivity contribution < 1.29 is 15.0 Å². The van der Waals surface area contributed by atoms with Crippen molar-refractivity contribution in [2.75, 3.05) is 5.75 Å². The third-order valence-corrected chi connectivity index (χ3v) is 4.70. The Hall–Kier alpha value is -1.36. The van der Waals surface area contributed by atoms with Gasteiger partial charge in [0, 0.05) is 11.3 Å². The molecule has 4 nitrogen and oxygen atoms in total. The molecule has 1 aliphatic carbocycles. The number of carbonyl (C=O) groups is 1. The number of carbonyl (C=O) groups excluding carboxylic acids is 1. The summed E-state index contributed by atoms with van der Waals surface area (Å²) in [5, 5.41) is 22.5. The Balaban J connectivity index is 2.06. The highest BCUT2D eigenvalue weighted by Crippen LogP contribution is 2.30. The smallest absolute Gasteiger partial charge is 0.255 e. The van der Waals surface area contributed by atoms with Crippen LogP contribution < -0.4 is 5.32 Å². The normalized spacial score (nSPS) is 22.4. The molecule has 2 atom stereocenters. The SMILES string of the molecule is CCSC1CCCC1NC(=O)c1cc(O)ccc1O. The molecule has 1 aliphatic rings. The molecule has 5 heteroatoms. The summed E-state index contributed by atoms with van der Waals surface area (Å²) in [6.07, 6.45) is 3.22. The van der Waals surface area contributed by atoms with Gasteiger partial charge in [0.15, 0.2) is 0 Å². The van der Waals surface area contributed by atoms with E-state index in [1.54, 1.807) is 0 Å². The van der Waals surface area contributed by atoms with Gasteiger partial charge in [-0.25, -0.2) is 0 Å². The zero-order valence-electron chi connectivity index (χ0n) is 10.9. The number of aromatic hydroxyl groups is 2. The van der Waals surface area contributed by atoms with Crippen molar-refractivity contribution >= 4 is 17.7 Å². The summed E-state index contributed by atoms with van der Waals surface area (Å²) in [5.41, 5.74) is 0.132. The van der Waals surface area contributed by atoms with Crippen LogP contribution in [0.5, 0.6) is 11.5 Å². The summed E-state index contributed by atoms with van der Waals surface area (Å²) in [7, 11) is 0. The van der Waals surface area contributed by atoms with Gasteiger partial charge in [0.1, 0.15) is 11.5 Å². The standard InChI is InChI=1S/C14H19NO3S/c1-2-19-13-5-3-4-11(13)15-14(18)10-8-9(16)6-7-12(10)17/h6-8,11,13,16-17H,2-5H2,1H3,(H,15,18). The van der Waals surface area contributed by atoms with Gasteiger partial charge in [-0.1, -0.05) is 13.3 Å². The van der Waals surface area contributed by atoms with Crippen LogP contribution in [0.3, 0.4) is 0 Å². The molecule has 19 heavy (non-hydrogen) atoms. The summed E-state index contributed by atoms with van der Waals surface area (Å²) < 4.78 is 0. The van der Waals surface area contributed by atoms with Crippen molar-refractivity contribution in [2.45, 2.75) is 37.5 Å². The molecule has 1 aromatic rings. The zero-order valence-corrected chi connectivity index (χ0v) is 11.7. The van der Waals surface area contributed by atoms with E-state index in [4.69, 9.17) is 0 Å². The minimum atomic E-state index is -0.318. The minimum Gasteiger partial charge on any atom is -0.508 e. The third kappa shape index (κ3) is 3.35. The van der Waals surface area contributed by atoms with Crippen LogP contribution in [-0.4, -0.2) is 33.2 Å². The Kier molecular flexibility index (Phi) is 4.58. The second-order valence-corrected chi connectivity index (χ2v) is 6.22. The summed E-state index contributed by atoms with van der Waals surface area (Å²) in [5.74, 6) is 0.595. The predicted molar refractivity (Wildman–Crippen MR) is 76.8 cm³/mol. The van der Waals surface area contributed by atoms with Crippen LogP contribution in [0, 0.1) is 0 Å². The van der Waals surface area contributed by atoms with Crippen LogP contribution in [0.15, 0.2) is 18.2 Å². The molecule has 0 radical (unpaired) electrons. The van der Waals surface area contributed by atoms with Crippen LogP contribution in [0.25, 0.3) is 0 Å². The maximum absolute atomic E-state index is 12.1. The highest BCUT2D eigenvalue weighted by molar-refractivity contribution is 7.99. The Labute approximate surface area is 117 Å². The van der Waals surface area contributed by atoms with E-state index in [0.29, 0.717) is 5.25 Å². The maximum atomic E-state index is 12.1. The van der Waals surface area contributed by atoms with Crippen LogP contribution in [-0.2, 0) is 0 Å². The van der Waals surface area contributed by atoms with E-state index in [1.165, 1.54) is 18.2 Å². The molecule has 3 N–H and O–H groups in total. The van der Waals surface area contributed by atoms with E-state index in [-0.39, 0.29) is 29.0 Å². The van der Waals surface area contributed by atoms with Gasteiger partial charge < -0.3 is 15.5 Å². The van der Waals surface area contributed by atoms with E-state index in [0.717, 1.165) is 25.0 Å². The number of phenolic OH excluding ortho intramolecular Hbond substituents is 2. The molecular formula is C14H19NO3S.